The molecular weight excluding hydrogens is 354 g/mol. The predicted molar refractivity (Wildman–Crippen MR) is 110 cm³/mol. The third-order valence-electron chi connectivity index (χ3n) is 6.40. The summed E-state index contributed by atoms with van der Waals surface area (Å²) in [6.45, 7) is 7.94. The van der Waals surface area contributed by atoms with Crippen molar-refractivity contribution in [2.24, 2.45) is 5.92 Å². The topological polar surface area (TPSA) is 81.7 Å². The number of carbonyl (C=O) groups excluding carboxylic acids is 1. The summed E-state index contributed by atoms with van der Waals surface area (Å²) in [5, 5.41) is 15.1. The molecule has 1 fully saturated rings. The first kappa shape index (κ1) is 20.6. The summed E-state index contributed by atoms with van der Waals surface area (Å²) in [5.41, 5.74) is 2.81. The minimum atomic E-state index is -0.799. The Morgan fingerprint density at radius 2 is 1.86 bits per heavy atom. The molecule has 6 nitrogen and oxygen atoms in total. The summed E-state index contributed by atoms with van der Waals surface area (Å²) in [7, 11) is 0. The Morgan fingerprint density at radius 1 is 1.18 bits per heavy atom. The van der Waals surface area contributed by atoms with E-state index in [0.717, 1.165) is 19.3 Å². The summed E-state index contributed by atoms with van der Waals surface area (Å²) in [6.07, 6.45) is 2.72. The first-order chi connectivity index (χ1) is 13.4. The number of rotatable bonds is 8. The zero-order valence-corrected chi connectivity index (χ0v) is 17.1. The van der Waals surface area contributed by atoms with Crippen LogP contribution in [0.15, 0.2) is 24.3 Å². The summed E-state index contributed by atoms with van der Waals surface area (Å²) in [4.78, 5) is 25.2. The van der Waals surface area contributed by atoms with Gasteiger partial charge in [0.05, 0.1) is 6.54 Å². The van der Waals surface area contributed by atoms with Crippen LogP contribution in [0.5, 0.6) is 0 Å². The van der Waals surface area contributed by atoms with Gasteiger partial charge in [0, 0.05) is 24.5 Å². The molecule has 0 heterocycles. The SMILES string of the molecule is CCN(CC(=O)O)C1CC(NC(=O)NC[C@@H]2C[C@@H](C(C)C)c3ccccc32)C1. The molecule has 2 aliphatic rings. The van der Waals surface area contributed by atoms with Crippen molar-refractivity contribution >= 4 is 12.0 Å². The van der Waals surface area contributed by atoms with E-state index >= 15 is 0 Å². The Hall–Kier alpha value is -2.08. The van der Waals surface area contributed by atoms with Gasteiger partial charge in [-0.15, -0.1) is 0 Å². The molecule has 2 aliphatic carbocycles. The van der Waals surface area contributed by atoms with Gasteiger partial charge >= 0.3 is 12.0 Å². The third-order valence-corrected chi connectivity index (χ3v) is 6.40. The van der Waals surface area contributed by atoms with E-state index in [9.17, 15) is 9.59 Å². The predicted octanol–water partition coefficient (Wildman–Crippen LogP) is 3.15. The van der Waals surface area contributed by atoms with Gasteiger partial charge in [-0.1, -0.05) is 45.0 Å². The number of hydrogen-bond donors (Lipinski definition) is 3. The molecule has 6 heteroatoms. The normalized spacial score (nSPS) is 26.0. The van der Waals surface area contributed by atoms with Crippen LogP contribution in [0.4, 0.5) is 4.79 Å². The minimum Gasteiger partial charge on any atom is -0.480 e. The maximum Gasteiger partial charge on any atom is 0.317 e. The number of nitrogens with one attached hydrogen (secondary N) is 2. The van der Waals surface area contributed by atoms with E-state index in [1.54, 1.807) is 0 Å². The van der Waals surface area contributed by atoms with E-state index in [-0.39, 0.29) is 24.7 Å². The Labute approximate surface area is 167 Å². The van der Waals surface area contributed by atoms with E-state index in [2.05, 4.69) is 48.7 Å². The van der Waals surface area contributed by atoms with Crippen LogP contribution in [0, 0.1) is 5.92 Å². The van der Waals surface area contributed by atoms with Crippen molar-refractivity contribution in [3.8, 4) is 0 Å². The Balaban J connectivity index is 1.44. The lowest BCUT2D eigenvalue weighted by molar-refractivity contribution is -0.139. The van der Waals surface area contributed by atoms with Crippen molar-refractivity contribution in [3.63, 3.8) is 0 Å². The molecule has 0 unspecified atom stereocenters. The molecule has 0 aliphatic heterocycles. The second-order valence-electron chi connectivity index (χ2n) is 8.55. The summed E-state index contributed by atoms with van der Waals surface area (Å²) in [6, 6.07) is 8.88. The van der Waals surface area contributed by atoms with E-state index in [0.29, 0.717) is 30.8 Å². The van der Waals surface area contributed by atoms with Crippen LogP contribution in [0.2, 0.25) is 0 Å². The minimum absolute atomic E-state index is 0.0676. The van der Waals surface area contributed by atoms with Crippen LogP contribution in [-0.4, -0.2) is 53.7 Å². The maximum atomic E-state index is 12.3. The first-order valence-electron chi connectivity index (χ1n) is 10.5. The number of carboxylic acid groups (broad SMARTS) is 1. The maximum absolute atomic E-state index is 12.3. The lowest BCUT2D eigenvalue weighted by atomic mass is 9.85. The lowest BCUT2D eigenvalue weighted by Gasteiger charge is -2.42. The number of carbonyl (C=O) groups is 2. The van der Waals surface area contributed by atoms with Gasteiger partial charge in [-0.05, 0) is 48.8 Å². The number of amides is 2. The standard InChI is InChI=1S/C22H33N3O3/c1-4-25(13-21(26)27)17-10-16(11-17)24-22(28)23-12-15-9-20(14(2)3)19-8-6-5-7-18(15)19/h5-8,14-17,20H,4,9-13H2,1-3H3,(H,26,27)(H2,23,24,28)/t15-,16?,17?,20-/m0/s1. The van der Waals surface area contributed by atoms with Crippen LogP contribution in [0.1, 0.15) is 63.0 Å². The van der Waals surface area contributed by atoms with E-state index < -0.39 is 5.97 Å². The number of benzene rings is 1. The molecule has 2 amide bonds. The van der Waals surface area contributed by atoms with E-state index in [1.165, 1.54) is 11.1 Å². The number of fused-ring (bicyclic) bond motifs is 1. The van der Waals surface area contributed by atoms with Crippen LogP contribution >= 0.6 is 0 Å². The molecule has 0 radical (unpaired) electrons. The van der Waals surface area contributed by atoms with Gasteiger partial charge < -0.3 is 15.7 Å². The molecule has 28 heavy (non-hydrogen) atoms. The average Bonchev–Trinajstić information content (AvgIpc) is 3.00. The second-order valence-corrected chi connectivity index (χ2v) is 8.55. The van der Waals surface area contributed by atoms with Crippen molar-refractivity contribution in [1.82, 2.24) is 15.5 Å². The molecule has 0 bridgehead atoms. The highest BCUT2D eigenvalue weighted by molar-refractivity contribution is 5.74. The molecule has 0 spiro atoms. The monoisotopic (exact) mass is 387 g/mol. The highest BCUT2D eigenvalue weighted by atomic mass is 16.4. The van der Waals surface area contributed by atoms with Gasteiger partial charge in [-0.2, -0.15) is 0 Å². The number of nitrogens with zero attached hydrogens (tertiary/aromatic N) is 1. The largest absolute Gasteiger partial charge is 0.480 e. The van der Waals surface area contributed by atoms with Gasteiger partial charge in [-0.25, -0.2) is 4.79 Å². The first-order valence-corrected chi connectivity index (χ1v) is 10.5. The van der Waals surface area contributed by atoms with E-state index in [4.69, 9.17) is 5.11 Å². The zero-order valence-electron chi connectivity index (χ0n) is 17.1. The van der Waals surface area contributed by atoms with Crippen LogP contribution in [0.3, 0.4) is 0 Å². The number of carboxylic acids is 1. The fourth-order valence-electron chi connectivity index (χ4n) is 4.73. The van der Waals surface area contributed by atoms with Crippen LogP contribution in [0.25, 0.3) is 0 Å². The fraction of sp³-hybridized carbons (Fsp3) is 0.636. The van der Waals surface area contributed by atoms with Crippen molar-refractivity contribution < 1.29 is 14.7 Å². The smallest absolute Gasteiger partial charge is 0.317 e. The molecular formula is C22H33N3O3. The molecule has 2 atom stereocenters. The summed E-state index contributed by atoms with van der Waals surface area (Å²) < 4.78 is 0. The Kier molecular flexibility index (Phi) is 6.60. The molecule has 0 saturated heterocycles. The van der Waals surface area contributed by atoms with Crippen molar-refractivity contribution in [2.75, 3.05) is 19.6 Å². The molecule has 1 saturated carbocycles. The molecule has 0 aromatic heterocycles. The van der Waals surface area contributed by atoms with Gasteiger partial charge in [0.15, 0.2) is 0 Å². The van der Waals surface area contributed by atoms with Gasteiger partial charge in [-0.3, -0.25) is 9.69 Å². The van der Waals surface area contributed by atoms with Crippen LogP contribution < -0.4 is 10.6 Å². The number of aliphatic carboxylic acids is 1. The Morgan fingerprint density at radius 3 is 2.46 bits per heavy atom. The second kappa shape index (κ2) is 8.95. The zero-order chi connectivity index (χ0) is 20.3. The molecule has 154 valence electrons. The van der Waals surface area contributed by atoms with Gasteiger partial charge in [0.25, 0.3) is 0 Å². The number of likely N-dealkylation sites (N-methyl/N-ethyl adjacent to an activating group) is 1. The highest BCUT2D eigenvalue weighted by Crippen LogP contribution is 2.44. The fourth-order valence-corrected chi connectivity index (χ4v) is 4.73. The average molecular weight is 388 g/mol. The van der Waals surface area contributed by atoms with Gasteiger partial charge in [0.2, 0.25) is 0 Å². The lowest BCUT2D eigenvalue weighted by Crippen LogP contribution is -2.56. The molecule has 1 aromatic carbocycles. The van der Waals surface area contributed by atoms with Crippen molar-refractivity contribution in [1.29, 1.82) is 0 Å². The quantitative estimate of drug-likeness (QED) is 0.640. The van der Waals surface area contributed by atoms with Gasteiger partial charge in [0.1, 0.15) is 0 Å². The number of urea groups is 1. The summed E-state index contributed by atoms with van der Waals surface area (Å²) >= 11 is 0. The third kappa shape index (κ3) is 4.66. The molecule has 1 aromatic rings. The van der Waals surface area contributed by atoms with Crippen LogP contribution in [-0.2, 0) is 4.79 Å². The highest BCUT2D eigenvalue weighted by Gasteiger charge is 2.35. The van der Waals surface area contributed by atoms with Crippen molar-refractivity contribution in [3.05, 3.63) is 35.4 Å². The molecule has 3 rings (SSSR count). The molecule has 3 N–H and O–H groups in total. The van der Waals surface area contributed by atoms with E-state index in [1.807, 2.05) is 11.8 Å². The Bertz CT molecular complexity index is 700. The van der Waals surface area contributed by atoms with Crippen molar-refractivity contribution in [2.45, 2.75) is 64.0 Å². The summed E-state index contributed by atoms with van der Waals surface area (Å²) in [5.74, 6) is 0.731. The number of hydrogen-bond acceptors (Lipinski definition) is 3.